The molecule has 0 aliphatic carbocycles. The van der Waals surface area contributed by atoms with E-state index in [9.17, 15) is 14.0 Å². The summed E-state index contributed by atoms with van der Waals surface area (Å²) in [5.74, 6) is -1.80. The summed E-state index contributed by atoms with van der Waals surface area (Å²) >= 11 is 5.79. The van der Waals surface area contributed by atoms with Crippen LogP contribution in [0.15, 0.2) is 24.5 Å². The standard InChI is InChI=1S/C12H11ClFN5O3/c1-7(22-11(20)5-19-6-15-17-18-19)12(21)16-10-3-2-8(14)4-9(10)13/h2-4,6-7H,5H2,1H3,(H,16,21). The minimum Gasteiger partial charge on any atom is -0.451 e. The lowest BCUT2D eigenvalue weighted by atomic mass is 10.3. The molecule has 1 N–H and O–H groups in total. The van der Waals surface area contributed by atoms with Crippen molar-refractivity contribution in [1.82, 2.24) is 20.2 Å². The molecule has 8 nitrogen and oxygen atoms in total. The summed E-state index contributed by atoms with van der Waals surface area (Å²) < 4.78 is 19.0. The molecule has 0 bridgehead atoms. The van der Waals surface area contributed by atoms with Crippen LogP contribution in [0.3, 0.4) is 0 Å². The van der Waals surface area contributed by atoms with Gasteiger partial charge in [-0.3, -0.25) is 9.59 Å². The smallest absolute Gasteiger partial charge is 0.328 e. The maximum atomic E-state index is 12.9. The van der Waals surface area contributed by atoms with E-state index in [-0.39, 0.29) is 17.3 Å². The second kappa shape index (κ2) is 6.94. The molecule has 22 heavy (non-hydrogen) atoms. The lowest BCUT2D eigenvalue weighted by Gasteiger charge is -2.14. The molecule has 1 aromatic heterocycles. The highest BCUT2D eigenvalue weighted by Gasteiger charge is 2.19. The number of rotatable bonds is 5. The van der Waals surface area contributed by atoms with Gasteiger partial charge in [-0.05, 0) is 35.5 Å². The van der Waals surface area contributed by atoms with Gasteiger partial charge in [-0.2, -0.15) is 0 Å². The summed E-state index contributed by atoms with van der Waals surface area (Å²) in [6.45, 7) is 1.17. The van der Waals surface area contributed by atoms with Gasteiger partial charge in [0.15, 0.2) is 6.10 Å². The number of nitrogens with zero attached hydrogens (tertiary/aromatic N) is 4. The van der Waals surface area contributed by atoms with E-state index < -0.39 is 23.8 Å². The molecule has 0 radical (unpaired) electrons. The van der Waals surface area contributed by atoms with Crippen molar-refractivity contribution < 1.29 is 18.7 Å². The summed E-state index contributed by atoms with van der Waals surface area (Å²) in [5, 5.41) is 12.7. The molecule has 1 atom stereocenters. The molecule has 0 saturated carbocycles. The number of tetrazole rings is 1. The second-order valence-electron chi connectivity index (χ2n) is 4.25. The fourth-order valence-corrected chi connectivity index (χ4v) is 1.71. The van der Waals surface area contributed by atoms with E-state index in [2.05, 4.69) is 20.8 Å². The van der Waals surface area contributed by atoms with E-state index in [1.54, 1.807) is 0 Å². The Bertz CT molecular complexity index is 679. The zero-order valence-electron chi connectivity index (χ0n) is 11.4. The van der Waals surface area contributed by atoms with Crippen molar-refractivity contribution in [2.75, 3.05) is 5.32 Å². The average Bonchev–Trinajstić information content (AvgIpc) is 2.94. The summed E-state index contributed by atoms with van der Waals surface area (Å²) in [6.07, 6.45) is 0.176. The molecule has 1 aromatic carbocycles. The number of nitrogens with one attached hydrogen (secondary N) is 1. The van der Waals surface area contributed by atoms with Gasteiger partial charge in [-0.15, -0.1) is 5.10 Å². The third kappa shape index (κ3) is 4.22. The number of hydrogen-bond acceptors (Lipinski definition) is 6. The largest absolute Gasteiger partial charge is 0.451 e. The quantitative estimate of drug-likeness (QED) is 0.824. The average molecular weight is 328 g/mol. The molecule has 0 saturated heterocycles. The third-order valence-electron chi connectivity index (χ3n) is 2.55. The van der Waals surface area contributed by atoms with E-state index in [4.69, 9.17) is 16.3 Å². The highest BCUT2D eigenvalue weighted by atomic mass is 35.5. The van der Waals surface area contributed by atoms with E-state index in [1.165, 1.54) is 19.3 Å². The van der Waals surface area contributed by atoms with Crippen molar-refractivity contribution in [3.05, 3.63) is 35.4 Å². The first-order valence-electron chi connectivity index (χ1n) is 6.12. The topological polar surface area (TPSA) is 99.0 Å². The first kappa shape index (κ1) is 15.8. The van der Waals surface area contributed by atoms with Crippen molar-refractivity contribution in [2.24, 2.45) is 0 Å². The van der Waals surface area contributed by atoms with Crippen LogP contribution in [-0.2, 0) is 20.9 Å². The normalized spacial score (nSPS) is 11.8. The van der Waals surface area contributed by atoms with E-state index >= 15 is 0 Å². The Morgan fingerprint density at radius 2 is 2.27 bits per heavy atom. The fourth-order valence-electron chi connectivity index (χ4n) is 1.50. The van der Waals surface area contributed by atoms with Crippen LogP contribution in [0.1, 0.15) is 6.92 Å². The number of ether oxygens (including phenoxy) is 1. The Morgan fingerprint density at radius 3 is 2.91 bits per heavy atom. The highest BCUT2D eigenvalue weighted by molar-refractivity contribution is 6.33. The van der Waals surface area contributed by atoms with Crippen molar-refractivity contribution in [1.29, 1.82) is 0 Å². The minimum absolute atomic E-state index is 0.0422. The number of aromatic nitrogens is 4. The van der Waals surface area contributed by atoms with Crippen LogP contribution in [0.4, 0.5) is 10.1 Å². The number of benzene rings is 1. The predicted octanol–water partition coefficient (Wildman–Crippen LogP) is 1.04. The summed E-state index contributed by atoms with van der Waals surface area (Å²) in [4.78, 5) is 23.5. The van der Waals surface area contributed by atoms with Crippen molar-refractivity contribution in [3.63, 3.8) is 0 Å². The van der Waals surface area contributed by atoms with Gasteiger partial charge >= 0.3 is 5.97 Å². The lowest BCUT2D eigenvalue weighted by Crippen LogP contribution is -2.31. The van der Waals surface area contributed by atoms with Crippen molar-refractivity contribution >= 4 is 29.2 Å². The Labute approximate surface area is 129 Å². The van der Waals surface area contributed by atoms with Gasteiger partial charge in [0.2, 0.25) is 0 Å². The van der Waals surface area contributed by atoms with Crippen molar-refractivity contribution in [2.45, 2.75) is 19.6 Å². The Hall–Kier alpha value is -2.55. The molecule has 0 aliphatic heterocycles. The number of anilines is 1. The molecule has 0 fully saturated rings. The van der Waals surface area contributed by atoms with Crippen LogP contribution < -0.4 is 5.32 Å². The molecule has 0 aliphatic rings. The lowest BCUT2D eigenvalue weighted by molar-refractivity contribution is -0.153. The molecule has 2 rings (SSSR count). The molecule has 1 unspecified atom stereocenters. The number of halogens is 2. The van der Waals surface area contributed by atoms with Crippen LogP contribution in [0, 0.1) is 5.82 Å². The maximum absolute atomic E-state index is 12.9. The Kier molecular flexibility index (Phi) is 4.99. The van der Waals surface area contributed by atoms with Gasteiger partial charge in [-0.1, -0.05) is 11.6 Å². The maximum Gasteiger partial charge on any atom is 0.328 e. The number of hydrogen-bond donors (Lipinski definition) is 1. The molecule has 1 heterocycles. The number of carbonyl (C=O) groups is 2. The van der Waals surface area contributed by atoms with Crippen LogP contribution in [0.25, 0.3) is 0 Å². The van der Waals surface area contributed by atoms with Crippen LogP contribution in [0.5, 0.6) is 0 Å². The van der Waals surface area contributed by atoms with E-state index in [0.29, 0.717) is 0 Å². The highest BCUT2D eigenvalue weighted by Crippen LogP contribution is 2.22. The van der Waals surface area contributed by atoms with Gasteiger partial charge in [-0.25, -0.2) is 9.07 Å². The van der Waals surface area contributed by atoms with Gasteiger partial charge in [0.25, 0.3) is 5.91 Å². The number of carbonyl (C=O) groups excluding carboxylic acids is 2. The monoisotopic (exact) mass is 327 g/mol. The van der Waals surface area contributed by atoms with Crippen LogP contribution >= 0.6 is 11.6 Å². The Balaban J connectivity index is 1.90. The van der Waals surface area contributed by atoms with E-state index in [0.717, 1.165) is 16.8 Å². The SMILES string of the molecule is CC(OC(=O)Cn1cnnn1)C(=O)Nc1ccc(F)cc1Cl. The van der Waals surface area contributed by atoms with Crippen LogP contribution in [-0.4, -0.2) is 38.2 Å². The molecule has 2 aromatic rings. The first-order chi connectivity index (χ1) is 10.5. The minimum atomic E-state index is -1.06. The molecule has 0 spiro atoms. The number of amides is 1. The second-order valence-corrected chi connectivity index (χ2v) is 4.66. The molecule has 10 heteroatoms. The summed E-state index contributed by atoms with van der Waals surface area (Å²) in [5.41, 5.74) is 0.219. The fraction of sp³-hybridized carbons (Fsp3) is 0.250. The van der Waals surface area contributed by atoms with Gasteiger partial charge in [0.05, 0.1) is 10.7 Å². The first-order valence-corrected chi connectivity index (χ1v) is 6.49. The van der Waals surface area contributed by atoms with E-state index in [1.807, 2.05) is 0 Å². The van der Waals surface area contributed by atoms with Gasteiger partial charge < -0.3 is 10.1 Å². The predicted molar refractivity (Wildman–Crippen MR) is 73.4 cm³/mol. The van der Waals surface area contributed by atoms with Crippen LogP contribution in [0.2, 0.25) is 5.02 Å². The molecular weight excluding hydrogens is 317 g/mol. The summed E-state index contributed by atoms with van der Waals surface area (Å²) in [6, 6.07) is 3.52. The van der Waals surface area contributed by atoms with Gasteiger partial charge in [0, 0.05) is 0 Å². The Morgan fingerprint density at radius 1 is 1.50 bits per heavy atom. The zero-order chi connectivity index (χ0) is 16.1. The molecule has 116 valence electrons. The van der Waals surface area contributed by atoms with Crippen molar-refractivity contribution in [3.8, 4) is 0 Å². The summed E-state index contributed by atoms with van der Waals surface area (Å²) in [7, 11) is 0. The van der Waals surface area contributed by atoms with Gasteiger partial charge in [0.1, 0.15) is 18.7 Å². The number of esters is 1. The molecule has 1 amide bonds. The molecular formula is C12H11ClFN5O3. The zero-order valence-corrected chi connectivity index (χ0v) is 12.1. The third-order valence-corrected chi connectivity index (χ3v) is 2.86.